The number of benzene rings is 3. The van der Waals surface area contributed by atoms with E-state index in [1.54, 1.807) is 0 Å². The Balaban J connectivity index is 1.45. The van der Waals surface area contributed by atoms with Crippen LogP contribution in [0.2, 0.25) is 0 Å². The van der Waals surface area contributed by atoms with Crippen molar-refractivity contribution in [3.8, 4) is 16.9 Å². The van der Waals surface area contributed by atoms with Gasteiger partial charge in [0, 0.05) is 17.7 Å². The van der Waals surface area contributed by atoms with Crippen LogP contribution in [0.5, 0.6) is 5.75 Å². The summed E-state index contributed by atoms with van der Waals surface area (Å²) in [6, 6.07) is 20.0. The maximum Gasteiger partial charge on any atom is 0.411 e. The summed E-state index contributed by atoms with van der Waals surface area (Å²) in [6.07, 6.45) is -0.675. The molecule has 1 aliphatic carbocycles. The number of hydrogen-bond acceptors (Lipinski definition) is 5. The number of fused-ring (bicyclic) bond motifs is 3. The van der Waals surface area contributed by atoms with E-state index in [1.807, 2.05) is 36.4 Å². The van der Waals surface area contributed by atoms with Crippen LogP contribution in [0.1, 0.15) is 27.4 Å². The number of carbonyl (C=O) groups is 2. The summed E-state index contributed by atoms with van der Waals surface area (Å²) in [5.41, 5.74) is 6.07. The number of rotatable bonds is 4. The van der Waals surface area contributed by atoms with E-state index in [2.05, 4.69) is 17.4 Å². The van der Waals surface area contributed by atoms with Crippen molar-refractivity contribution in [1.29, 1.82) is 0 Å². The van der Waals surface area contributed by atoms with Crippen LogP contribution in [0.4, 0.5) is 10.5 Å². The van der Waals surface area contributed by atoms with Crippen molar-refractivity contribution in [2.24, 2.45) is 0 Å². The monoisotopic (exact) mass is 390 g/mol. The Kier molecular flexibility index (Phi) is 4.88. The molecule has 3 aromatic rings. The number of anilines is 1. The molecule has 0 radical (unpaired) electrons. The molecular formula is C22H18N2O5. The lowest BCUT2D eigenvalue weighted by molar-refractivity contribution is 0.0703. The number of aromatic hydroxyl groups is 1. The first-order chi connectivity index (χ1) is 14.1. The van der Waals surface area contributed by atoms with Gasteiger partial charge in [0.25, 0.3) is 5.91 Å². The molecule has 4 N–H and O–H groups in total. The lowest BCUT2D eigenvalue weighted by Gasteiger charge is -2.15. The van der Waals surface area contributed by atoms with Gasteiger partial charge < -0.3 is 9.84 Å². The molecule has 0 saturated heterocycles. The second-order valence-corrected chi connectivity index (χ2v) is 6.62. The summed E-state index contributed by atoms with van der Waals surface area (Å²) in [4.78, 5) is 23.6. The number of hydrogen-bond donors (Lipinski definition) is 4. The minimum absolute atomic E-state index is 0.0582. The van der Waals surface area contributed by atoms with Crippen molar-refractivity contribution >= 4 is 17.7 Å². The summed E-state index contributed by atoms with van der Waals surface area (Å²) < 4.78 is 5.43. The lowest BCUT2D eigenvalue weighted by Crippen LogP contribution is -2.19. The highest BCUT2D eigenvalue weighted by Gasteiger charge is 2.29. The fourth-order valence-electron chi connectivity index (χ4n) is 3.61. The van der Waals surface area contributed by atoms with Gasteiger partial charge in [-0.05, 0) is 34.4 Å². The Morgan fingerprint density at radius 1 is 0.931 bits per heavy atom. The standard InChI is InChI=1S/C22H18N2O5/c25-20-11-13(9-10-18(20)21(26)24-28)23-22(27)29-12-19-16-7-3-1-5-14(16)15-6-2-4-8-17(15)19/h1-11,19,25,28H,12H2,(H,23,27)(H,24,26). The Morgan fingerprint density at radius 2 is 1.55 bits per heavy atom. The Hall–Kier alpha value is -3.84. The minimum atomic E-state index is -0.852. The summed E-state index contributed by atoms with van der Waals surface area (Å²) >= 11 is 0. The van der Waals surface area contributed by atoms with Crippen molar-refractivity contribution in [3.05, 3.63) is 83.4 Å². The Labute approximate surface area is 166 Å². The van der Waals surface area contributed by atoms with Crippen LogP contribution >= 0.6 is 0 Å². The molecule has 0 aliphatic heterocycles. The van der Waals surface area contributed by atoms with Gasteiger partial charge in [-0.15, -0.1) is 0 Å². The number of carbonyl (C=O) groups excluding carboxylic acids is 2. The molecule has 2 amide bonds. The predicted molar refractivity (Wildman–Crippen MR) is 106 cm³/mol. The van der Waals surface area contributed by atoms with Crippen molar-refractivity contribution in [2.75, 3.05) is 11.9 Å². The first kappa shape index (κ1) is 18.5. The van der Waals surface area contributed by atoms with Crippen LogP contribution in [-0.4, -0.2) is 28.9 Å². The van der Waals surface area contributed by atoms with Crippen LogP contribution < -0.4 is 10.8 Å². The van der Waals surface area contributed by atoms with E-state index in [4.69, 9.17) is 9.94 Å². The zero-order valence-electron chi connectivity index (χ0n) is 15.3. The highest BCUT2D eigenvalue weighted by Crippen LogP contribution is 2.44. The molecular weight excluding hydrogens is 372 g/mol. The number of phenolic OH excluding ortho intramolecular Hbond substituents is 1. The average Bonchev–Trinajstić information content (AvgIpc) is 3.06. The Bertz CT molecular complexity index is 1050. The molecule has 0 unspecified atom stereocenters. The van der Waals surface area contributed by atoms with E-state index in [1.165, 1.54) is 23.7 Å². The predicted octanol–water partition coefficient (Wildman–Crippen LogP) is 3.87. The number of hydroxylamine groups is 1. The second-order valence-electron chi connectivity index (χ2n) is 6.62. The molecule has 29 heavy (non-hydrogen) atoms. The van der Waals surface area contributed by atoms with Gasteiger partial charge in [-0.2, -0.15) is 0 Å². The largest absolute Gasteiger partial charge is 0.507 e. The second kappa shape index (κ2) is 7.65. The molecule has 0 spiro atoms. The molecule has 0 aromatic heterocycles. The van der Waals surface area contributed by atoms with Crippen LogP contribution in [0.3, 0.4) is 0 Å². The maximum absolute atomic E-state index is 12.2. The normalized spacial score (nSPS) is 12.0. The van der Waals surface area contributed by atoms with Crippen LogP contribution in [0.25, 0.3) is 11.1 Å². The number of phenols is 1. The molecule has 0 fully saturated rings. The third kappa shape index (κ3) is 3.51. The van der Waals surface area contributed by atoms with Gasteiger partial charge in [-0.1, -0.05) is 48.5 Å². The fourth-order valence-corrected chi connectivity index (χ4v) is 3.61. The first-order valence-corrected chi connectivity index (χ1v) is 8.98. The number of amides is 2. The number of nitrogens with one attached hydrogen (secondary N) is 2. The molecule has 0 saturated carbocycles. The van der Waals surface area contributed by atoms with Gasteiger partial charge >= 0.3 is 6.09 Å². The zero-order valence-corrected chi connectivity index (χ0v) is 15.3. The van der Waals surface area contributed by atoms with Gasteiger partial charge in [0.2, 0.25) is 0 Å². The number of ether oxygens (including phenoxy) is 1. The SMILES string of the molecule is O=C(Nc1ccc(C(=O)NO)c(O)c1)OCC1c2ccccc2-c2ccccc21. The van der Waals surface area contributed by atoms with Crippen LogP contribution in [0.15, 0.2) is 66.7 Å². The van der Waals surface area contributed by atoms with Crippen molar-refractivity contribution in [2.45, 2.75) is 5.92 Å². The maximum atomic E-state index is 12.2. The Morgan fingerprint density at radius 3 is 2.14 bits per heavy atom. The molecule has 1 aliphatic rings. The summed E-state index contributed by atoms with van der Waals surface area (Å²) in [6.45, 7) is 0.164. The summed E-state index contributed by atoms with van der Waals surface area (Å²) in [5.74, 6) is -1.29. The van der Waals surface area contributed by atoms with E-state index in [0.717, 1.165) is 22.3 Å². The quantitative estimate of drug-likeness (QED) is 0.400. The fraction of sp³-hybridized carbons (Fsp3) is 0.0909. The van der Waals surface area contributed by atoms with E-state index in [-0.39, 0.29) is 29.5 Å². The minimum Gasteiger partial charge on any atom is -0.507 e. The molecule has 146 valence electrons. The van der Waals surface area contributed by atoms with E-state index >= 15 is 0 Å². The molecule has 0 heterocycles. The zero-order chi connectivity index (χ0) is 20.4. The topological polar surface area (TPSA) is 108 Å². The highest BCUT2D eigenvalue weighted by atomic mass is 16.5. The van der Waals surface area contributed by atoms with Gasteiger partial charge in [0.1, 0.15) is 12.4 Å². The third-order valence-corrected chi connectivity index (χ3v) is 4.93. The van der Waals surface area contributed by atoms with Crippen molar-refractivity contribution in [3.63, 3.8) is 0 Å². The summed E-state index contributed by atoms with van der Waals surface area (Å²) in [7, 11) is 0. The molecule has 4 rings (SSSR count). The van der Waals surface area contributed by atoms with Crippen LogP contribution in [-0.2, 0) is 4.74 Å². The van der Waals surface area contributed by atoms with Crippen molar-refractivity contribution in [1.82, 2.24) is 5.48 Å². The highest BCUT2D eigenvalue weighted by molar-refractivity contribution is 5.97. The first-order valence-electron chi connectivity index (χ1n) is 8.98. The van der Waals surface area contributed by atoms with Crippen molar-refractivity contribution < 1.29 is 24.6 Å². The molecule has 0 atom stereocenters. The van der Waals surface area contributed by atoms with Gasteiger partial charge in [0.05, 0.1) is 5.56 Å². The van der Waals surface area contributed by atoms with Gasteiger partial charge in [0.15, 0.2) is 0 Å². The van der Waals surface area contributed by atoms with Crippen LogP contribution in [0, 0.1) is 0 Å². The van der Waals surface area contributed by atoms with E-state index < -0.39 is 12.0 Å². The smallest absolute Gasteiger partial charge is 0.411 e. The molecule has 7 heteroatoms. The molecule has 3 aromatic carbocycles. The van der Waals surface area contributed by atoms with Gasteiger partial charge in [-0.3, -0.25) is 15.3 Å². The summed E-state index contributed by atoms with van der Waals surface area (Å²) in [5, 5.41) is 21.0. The lowest BCUT2D eigenvalue weighted by atomic mass is 9.98. The molecule has 0 bridgehead atoms. The average molecular weight is 390 g/mol. The molecule has 7 nitrogen and oxygen atoms in total. The van der Waals surface area contributed by atoms with E-state index in [9.17, 15) is 14.7 Å². The van der Waals surface area contributed by atoms with E-state index in [0.29, 0.717) is 0 Å². The third-order valence-electron chi connectivity index (χ3n) is 4.93. The van der Waals surface area contributed by atoms with Gasteiger partial charge in [-0.25, -0.2) is 10.3 Å².